The molecule has 0 aliphatic carbocycles. The van der Waals surface area contributed by atoms with Crippen LogP contribution in [0.2, 0.25) is 0 Å². The molecular formula is C18H25N5OS. The summed E-state index contributed by atoms with van der Waals surface area (Å²) in [6, 6.07) is 4.47. The van der Waals surface area contributed by atoms with Crippen molar-refractivity contribution in [3.8, 4) is 0 Å². The van der Waals surface area contributed by atoms with Crippen LogP contribution >= 0.6 is 11.3 Å². The topological polar surface area (TPSA) is 63.1 Å². The van der Waals surface area contributed by atoms with Gasteiger partial charge < -0.3 is 9.88 Å². The van der Waals surface area contributed by atoms with Crippen molar-refractivity contribution in [3.05, 3.63) is 34.0 Å². The molecule has 134 valence electrons. The Balaban J connectivity index is 1.38. The summed E-state index contributed by atoms with van der Waals surface area (Å²) in [7, 11) is 0. The average Bonchev–Trinajstić information content (AvgIpc) is 3.20. The predicted octanol–water partition coefficient (Wildman–Crippen LogP) is 2.46. The number of nitrogens with one attached hydrogen (secondary N) is 1. The highest BCUT2D eigenvalue weighted by molar-refractivity contribution is 7.09. The van der Waals surface area contributed by atoms with Crippen molar-refractivity contribution in [2.45, 2.75) is 57.7 Å². The second-order valence-electron chi connectivity index (χ2n) is 7.03. The van der Waals surface area contributed by atoms with Crippen molar-refractivity contribution in [3.63, 3.8) is 0 Å². The zero-order valence-electron chi connectivity index (χ0n) is 14.5. The second-order valence-corrected chi connectivity index (χ2v) is 8.06. The number of amides is 1. The van der Waals surface area contributed by atoms with Crippen LogP contribution in [0.4, 0.5) is 0 Å². The Hall–Kier alpha value is -1.73. The summed E-state index contributed by atoms with van der Waals surface area (Å²) >= 11 is 1.80. The number of aryl methyl sites for hydroxylation is 1. The SMILES string of the molecule is O=C(N[C@@H]1CCCN(Cc2cccs2)C1)c1nnc2n1CCCCC2. The van der Waals surface area contributed by atoms with Gasteiger partial charge >= 0.3 is 0 Å². The van der Waals surface area contributed by atoms with Crippen LogP contribution in [0.15, 0.2) is 17.5 Å². The molecule has 1 saturated heterocycles. The summed E-state index contributed by atoms with van der Waals surface area (Å²) in [5.74, 6) is 1.39. The van der Waals surface area contributed by atoms with Gasteiger partial charge in [-0.2, -0.15) is 0 Å². The van der Waals surface area contributed by atoms with E-state index < -0.39 is 0 Å². The zero-order chi connectivity index (χ0) is 17.1. The van der Waals surface area contributed by atoms with E-state index in [1.807, 2.05) is 4.57 Å². The monoisotopic (exact) mass is 359 g/mol. The third-order valence-corrected chi connectivity index (χ3v) is 5.97. The van der Waals surface area contributed by atoms with Crippen LogP contribution in [0.25, 0.3) is 0 Å². The standard InChI is InChI=1S/C18H25N5OS/c24-18(17-21-20-16-8-2-1-3-10-23(16)17)19-14-6-4-9-22(12-14)13-15-7-5-11-25-15/h5,7,11,14H,1-4,6,8-10,12-13H2,(H,19,24)/t14-/m1/s1. The molecule has 0 unspecified atom stereocenters. The lowest BCUT2D eigenvalue weighted by atomic mass is 10.1. The average molecular weight is 359 g/mol. The van der Waals surface area contributed by atoms with E-state index in [0.717, 1.165) is 64.1 Å². The fourth-order valence-corrected chi connectivity index (χ4v) is 4.59. The zero-order valence-corrected chi connectivity index (χ0v) is 15.3. The number of rotatable bonds is 4. The molecule has 2 aliphatic heterocycles. The molecule has 2 aromatic rings. The fraction of sp³-hybridized carbons (Fsp3) is 0.611. The number of aromatic nitrogens is 3. The minimum atomic E-state index is -0.0661. The van der Waals surface area contributed by atoms with Gasteiger partial charge in [-0.15, -0.1) is 21.5 Å². The lowest BCUT2D eigenvalue weighted by Gasteiger charge is -2.32. The normalized spacial score (nSPS) is 21.5. The van der Waals surface area contributed by atoms with Gasteiger partial charge in [0.25, 0.3) is 5.91 Å². The Morgan fingerprint density at radius 2 is 2.20 bits per heavy atom. The molecule has 0 bridgehead atoms. The molecule has 2 aliphatic rings. The number of nitrogens with zero attached hydrogens (tertiary/aromatic N) is 4. The first-order chi connectivity index (χ1) is 12.3. The van der Waals surface area contributed by atoms with Gasteiger partial charge in [0.2, 0.25) is 5.82 Å². The number of hydrogen-bond donors (Lipinski definition) is 1. The number of carbonyl (C=O) groups is 1. The number of carbonyl (C=O) groups excluding carboxylic acids is 1. The molecule has 6 nitrogen and oxygen atoms in total. The summed E-state index contributed by atoms with van der Waals surface area (Å²) < 4.78 is 2.02. The molecule has 0 radical (unpaired) electrons. The van der Waals surface area contributed by atoms with Crippen LogP contribution < -0.4 is 5.32 Å². The molecule has 25 heavy (non-hydrogen) atoms. The van der Waals surface area contributed by atoms with Crippen LogP contribution in [-0.2, 0) is 19.5 Å². The minimum Gasteiger partial charge on any atom is -0.345 e. The summed E-state index contributed by atoms with van der Waals surface area (Å²) in [5, 5.41) is 13.7. The number of hydrogen-bond acceptors (Lipinski definition) is 5. The Bertz CT molecular complexity index is 711. The van der Waals surface area contributed by atoms with Crippen molar-refractivity contribution in [1.29, 1.82) is 0 Å². The van der Waals surface area contributed by atoms with E-state index >= 15 is 0 Å². The van der Waals surface area contributed by atoms with Crippen molar-refractivity contribution >= 4 is 17.2 Å². The van der Waals surface area contributed by atoms with Gasteiger partial charge in [-0.05, 0) is 43.7 Å². The van der Waals surface area contributed by atoms with E-state index in [1.165, 1.54) is 11.3 Å². The van der Waals surface area contributed by atoms with E-state index in [2.05, 4.69) is 37.9 Å². The maximum Gasteiger partial charge on any atom is 0.289 e. The smallest absolute Gasteiger partial charge is 0.289 e. The predicted molar refractivity (Wildman–Crippen MR) is 97.7 cm³/mol. The highest BCUT2D eigenvalue weighted by Crippen LogP contribution is 2.18. The molecule has 0 aromatic carbocycles. The van der Waals surface area contributed by atoms with Crippen LogP contribution in [0, 0.1) is 0 Å². The summed E-state index contributed by atoms with van der Waals surface area (Å²) in [6.07, 6.45) is 6.52. The Labute approximate surface area is 152 Å². The number of thiophene rings is 1. The maximum absolute atomic E-state index is 12.7. The van der Waals surface area contributed by atoms with E-state index in [9.17, 15) is 4.79 Å². The van der Waals surface area contributed by atoms with Crippen molar-refractivity contribution < 1.29 is 4.79 Å². The van der Waals surface area contributed by atoms with Crippen molar-refractivity contribution in [2.75, 3.05) is 13.1 Å². The molecule has 7 heteroatoms. The third-order valence-electron chi connectivity index (χ3n) is 5.11. The lowest BCUT2D eigenvalue weighted by Crippen LogP contribution is -2.47. The van der Waals surface area contributed by atoms with Crippen LogP contribution in [0.1, 0.15) is 53.4 Å². The quantitative estimate of drug-likeness (QED) is 0.911. The van der Waals surface area contributed by atoms with Crippen LogP contribution in [0.3, 0.4) is 0 Å². The first-order valence-electron chi connectivity index (χ1n) is 9.27. The number of likely N-dealkylation sites (tertiary alicyclic amines) is 1. The van der Waals surface area contributed by atoms with E-state index in [0.29, 0.717) is 5.82 Å². The Morgan fingerprint density at radius 3 is 3.08 bits per heavy atom. The molecule has 0 saturated carbocycles. The maximum atomic E-state index is 12.7. The highest BCUT2D eigenvalue weighted by atomic mass is 32.1. The van der Waals surface area contributed by atoms with Gasteiger partial charge in [-0.3, -0.25) is 9.69 Å². The molecule has 0 spiro atoms. The van der Waals surface area contributed by atoms with Crippen molar-refractivity contribution in [1.82, 2.24) is 25.0 Å². The largest absolute Gasteiger partial charge is 0.345 e. The summed E-state index contributed by atoms with van der Waals surface area (Å²) in [4.78, 5) is 16.6. The van der Waals surface area contributed by atoms with Crippen LogP contribution in [0.5, 0.6) is 0 Å². The molecule has 1 amide bonds. The van der Waals surface area contributed by atoms with Gasteiger partial charge in [0, 0.05) is 37.0 Å². The molecule has 1 atom stereocenters. The molecule has 4 heterocycles. The second kappa shape index (κ2) is 7.66. The Morgan fingerprint density at radius 1 is 1.24 bits per heavy atom. The van der Waals surface area contributed by atoms with Gasteiger partial charge in [-0.1, -0.05) is 12.5 Å². The van der Waals surface area contributed by atoms with Gasteiger partial charge in [0.15, 0.2) is 0 Å². The van der Waals surface area contributed by atoms with E-state index in [4.69, 9.17) is 0 Å². The molecule has 1 N–H and O–H groups in total. The van der Waals surface area contributed by atoms with Crippen molar-refractivity contribution in [2.24, 2.45) is 0 Å². The first kappa shape index (κ1) is 16.7. The molecular weight excluding hydrogens is 334 g/mol. The van der Waals surface area contributed by atoms with Gasteiger partial charge in [0.1, 0.15) is 5.82 Å². The molecule has 1 fully saturated rings. The lowest BCUT2D eigenvalue weighted by molar-refractivity contribution is 0.0885. The number of piperidine rings is 1. The molecule has 4 rings (SSSR count). The van der Waals surface area contributed by atoms with E-state index in [1.54, 1.807) is 11.3 Å². The minimum absolute atomic E-state index is 0.0661. The molecule has 2 aromatic heterocycles. The third kappa shape index (κ3) is 3.93. The Kier molecular flexibility index (Phi) is 5.12. The fourth-order valence-electron chi connectivity index (χ4n) is 3.84. The van der Waals surface area contributed by atoms with Gasteiger partial charge in [-0.25, -0.2) is 0 Å². The number of fused-ring (bicyclic) bond motifs is 1. The summed E-state index contributed by atoms with van der Waals surface area (Å²) in [6.45, 7) is 3.85. The van der Waals surface area contributed by atoms with Gasteiger partial charge in [0.05, 0.1) is 0 Å². The van der Waals surface area contributed by atoms with E-state index in [-0.39, 0.29) is 11.9 Å². The van der Waals surface area contributed by atoms with Crippen LogP contribution in [-0.4, -0.2) is 44.7 Å². The highest BCUT2D eigenvalue weighted by Gasteiger charge is 2.25. The summed E-state index contributed by atoms with van der Waals surface area (Å²) in [5.41, 5.74) is 0. The first-order valence-corrected chi connectivity index (χ1v) is 10.2.